The van der Waals surface area contributed by atoms with Gasteiger partial charge in [0.25, 0.3) is 0 Å². The van der Waals surface area contributed by atoms with Crippen molar-refractivity contribution < 1.29 is 19.1 Å². The van der Waals surface area contributed by atoms with Gasteiger partial charge in [0.15, 0.2) is 0 Å². The largest absolute Gasteiger partial charge is 0.464 e. The number of carbonyl (C=O) groups is 3. The van der Waals surface area contributed by atoms with E-state index in [1.807, 2.05) is 4.90 Å². The SMILES string of the molecule is CC1CCN(C(=O)CCC(=O)OCCN2CCCC2=O)CC1. The third-order valence-electron chi connectivity index (χ3n) is 4.47. The number of esters is 1. The van der Waals surface area contributed by atoms with E-state index in [9.17, 15) is 14.4 Å². The summed E-state index contributed by atoms with van der Waals surface area (Å²) in [6, 6.07) is 0. The molecule has 2 saturated heterocycles. The van der Waals surface area contributed by atoms with E-state index in [0.717, 1.165) is 38.9 Å². The summed E-state index contributed by atoms with van der Waals surface area (Å²) in [5.41, 5.74) is 0. The smallest absolute Gasteiger partial charge is 0.306 e. The van der Waals surface area contributed by atoms with E-state index in [2.05, 4.69) is 6.92 Å². The van der Waals surface area contributed by atoms with Gasteiger partial charge in [-0.25, -0.2) is 0 Å². The zero-order chi connectivity index (χ0) is 15.9. The Balaban J connectivity index is 1.57. The third kappa shape index (κ3) is 5.00. The molecule has 0 saturated carbocycles. The Kier molecular flexibility index (Phi) is 6.21. The second-order valence-corrected chi connectivity index (χ2v) is 6.27. The molecule has 2 rings (SSSR count). The first-order valence-corrected chi connectivity index (χ1v) is 8.27. The summed E-state index contributed by atoms with van der Waals surface area (Å²) in [5, 5.41) is 0. The van der Waals surface area contributed by atoms with Gasteiger partial charge < -0.3 is 14.5 Å². The number of ether oxygens (including phenoxy) is 1. The second-order valence-electron chi connectivity index (χ2n) is 6.27. The first kappa shape index (κ1) is 16.8. The highest BCUT2D eigenvalue weighted by Gasteiger charge is 2.22. The maximum Gasteiger partial charge on any atom is 0.306 e. The van der Waals surface area contributed by atoms with Crippen LogP contribution in [0.15, 0.2) is 0 Å². The van der Waals surface area contributed by atoms with E-state index in [4.69, 9.17) is 4.74 Å². The minimum Gasteiger partial charge on any atom is -0.464 e. The fourth-order valence-electron chi connectivity index (χ4n) is 2.91. The van der Waals surface area contributed by atoms with Crippen molar-refractivity contribution in [3.05, 3.63) is 0 Å². The van der Waals surface area contributed by atoms with Crippen molar-refractivity contribution in [2.45, 2.75) is 45.4 Å². The van der Waals surface area contributed by atoms with Crippen molar-refractivity contribution in [3.8, 4) is 0 Å². The molecule has 2 aliphatic heterocycles. The Bertz CT molecular complexity index is 416. The number of hydrogen-bond donors (Lipinski definition) is 0. The summed E-state index contributed by atoms with van der Waals surface area (Å²) in [7, 11) is 0. The lowest BCUT2D eigenvalue weighted by molar-refractivity contribution is -0.147. The van der Waals surface area contributed by atoms with Gasteiger partial charge in [0, 0.05) is 32.5 Å². The van der Waals surface area contributed by atoms with Crippen molar-refractivity contribution in [2.24, 2.45) is 5.92 Å². The molecule has 0 aromatic rings. The van der Waals surface area contributed by atoms with Gasteiger partial charge in [0.1, 0.15) is 6.61 Å². The van der Waals surface area contributed by atoms with Crippen LogP contribution in [0.4, 0.5) is 0 Å². The topological polar surface area (TPSA) is 66.9 Å². The molecule has 0 bridgehead atoms. The zero-order valence-electron chi connectivity index (χ0n) is 13.4. The van der Waals surface area contributed by atoms with Crippen LogP contribution >= 0.6 is 0 Å². The van der Waals surface area contributed by atoms with Crippen molar-refractivity contribution in [3.63, 3.8) is 0 Å². The molecule has 2 fully saturated rings. The lowest BCUT2D eigenvalue weighted by Crippen LogP contribution is -2.38. The Labute approximate surface area is 131 Å². The molecular formula is C16H26N2O4. The highest BCUT2D eigenvalue weighted by Crippen LogP contribution is 2.17. The normalized spacial score (nSPS) is 19.6. The van der Waals surface area contributed by atoms with Crippen LogP contribution in [-0.4, -0.2) is 60.4 Å². The summed E-state index contributed by atoms with van der Waals surface area (Å²) >= 11 is 0. The highest BCUT2D eigenvalue weighted by atomic mass is 16.5. The number of amides is 2. The van der Waals surface area contributed by atoms with E-state index >= 15 is 0 Å². The maximum absolute atomic E-state index is 12.0. The van der Waals surface area contributed by atoms with Crippen molar-refractivity contribution in [2.75, 3.05) is 32.8 Å². The standard InChI is InChI=1S/C16H26N2O4/c1-13-6-9-18(10-7-13)15(20)4-5-16(21)22-12-11-17-8-2-3-14(17)19/h13H,2-12H2,1H3. The highest BCUT2D eigenvalue weighted by molar-refractivity contribution is 5.81. The molecule has 124 valence electrons. The zero-order valence-corrected chi connectivity index (χ0v) is 13.4. The van der Waals surface area contributed by atoms with Gasteiger partial charge in [0.2, 0.25) is 11.8 Å². The summed E-state index contributed by atoms with van der Waals surface area (Å²) < 4.78 is 5.10. The third-order valence-corrected chi connectivity index (χ3v) is 4.47. The van der Waals surface area contributed by atoms with Crippen molar-refractivity contribution in [1.29, 1.82) is 0 Å². The lowest BCUT2D eigenvalue weighted by atomic mass is 9.99. The van der Waals surface area contributed by atoms with Crippen molar-refractivity contribution in [1.82, 2.24) is 9.80 Å². The molecule has 2 amide bonds. The summed E-state index contributed by atoms with van der Waals surface area (Å²) in [6.07, 6.45) is 3.90. The molecule has 2 heterocycles. The number of hydrogen-bond acceptors (Lipinski definition) is 4. The van der Waals surface area contributed by atoms with Crippen LogP contribution < -0.4 is 0 Å². The van der Waals surface area contributed by atoms with E-state index in [-0.39, 0.29) is 37.2 Å². The van der Waals surface area contributed by atoms with E-state index < -0.39 is 0 Å². The average Bonchev–Trinajstić information content (AvgIpc) is 2.91. The first-order chi connectivity index (χ1) is 10.6. The molecule has 22 heavy (non-hydrogen) atoms. The Morgan fingerprint density at radius 2 is 1.91 bits per heavy atom. The number of carbonyl (C=O) groups excluding carboxylic acids is 3. The van der Waals surface area contributed by atoms with Gasteiger partial charge >= 0.3 is 5.97 Å². The van der Waals surface area contributed by atoms with Crippen LogP contribution in [0.25, 0.3) is 0 Å². The number of piperidine rings is 1. The average molecular weight is 310 g/mol. The van der Waals surface area contributed by atoms with Gasteiger partial charge in [-0.2, -0.15) is 0 Å². The van der Waals surface area contributed by atoms with Gasteiger partial charge in [-0.15, -0.1) is 0 Å². The van der Waals surface area contributed by atoms with Crippen LogP contribution in [0.2, 0.25) is 0 Å². The Morgan fingerprint density at radius 3 is 2.55 bits per heavy atom. The fourth-order valence-corrected chi connectivity index (χ4v) is 2.91. The van der Waals surface area contributed by atoms with Gasteiger partial charge in [-0.3, -0.25) is 14.4 Å². The van der Waals surface area contributed by atoms with Crippen LogP contribution in [-0.2, 0) is 19.1 Å². The predicted octanol–water partition coefficient (Wildman–Crippen LogP) is 1.19. The molecule has 0 radical (unpaired) electrons. The molecule has 0 aromatic carbocycles. The monoisotopic (exact) mass is 310 g/mol. The molecule has 0 atom stereocenters. The Hall–Kier alpha value is -1.59. The fraction of sp³-hybridized carbons (Fsp3) is 0.812. The van der Waals surface area contributed by atoms with Gasteiger partial charge in [-0.1, -0.05) is 6.92 Å². The summed E-state index contributed by atoms with van der Waals surface area (Å²) in [4.78, 5) is 38.6. The summed E-state index contributed by atoms with van der Waals surface area (Å²) in [6.45, 7) is 5.23. The first-order valence-electron chi connectivity index (χ1n) is 8.27. The van der Waals surface area contributed by atoms with Crippen LogP contribution in [0, 0.1) is 5.92 Å². The molecule has 6 heteroatoms. The predicted molar refractivity (Wildman–Crippen MR) is 81.0 cm³/mol. The molecule has 0 unspecified atom stereocenters. The molecular weight excluding hydrogens is 284 g/mol. The summed E-state index contributed by atoms with van der Waals surface area (Å²) in [5.74, 6) is 0.497. The van der Waals surface area contributed by atoms with Gasteiger partial charge in [-0.05, 0) is 25.2 Å². The number of rotatable bonds is 6. The molecule has 0 spiro atoms. The van der Waals surface area contributed by atoms with E-state index in [0.29, 0.717) is 18.9 Å². The van der Waals surface area contributed by atoms with Crippen LogP contribution in [0.3, 0.4) is 0 Å². The maximum atomic E-state index is 12.0. The van der Waals surface area contributed by atoms with Gasteiger partial charge in [0.05, 0.1) is 13.0 Å². The molecule has 2 aliphatic rings. The van der Waals surface area contributed by atoms with Crippen LogP contribution in [0.5, 0.6) is 0 Å². The quantitative estimate of drug-likeness (QED) is 0.691. The second kappa shape index (κ2) is 8.15. The minimum absolute atomic E-state index is 0.0403. The number of likely N-dealkylation sites (tertiary alicyclic amines) is 2. The van der Waals surface area contributed by atoms with Crippen molar-refractivity contribution >= 4 is 17.8 Å². The van der Waals surface area contributed by atoms with E-state index in [1.165, 1.54) is 0 Å². The molecule has 0 aromatic heterocycles. The molecule has 6 nitrogen and oxygen atoms in total. The molecule has 0 aliphatic carbocycles. The Morgan fingerprint density at radius 1 is 1.18 bits per heavy atom. The van der Waals surface area contributed by atoms with E-state index in [1.54, 1.807) is 4.90 Å². The minimum atomic E-state index is -0.356. The number of nitrogens with zero attached hydrogens (tertiary/aromatic N) is 2. The molecule has 0 N–H and O–H groups in total. The lowest BCUT2D eigenvalue weighted by Gasteiger charge is -2.30. The van der Waals surface area contributed by atoms with Crippen LogP contribution in [0.1, 0.15) is 45.4 Å².